The van der Waals surface area contributed by atoms with E-state index < -0.39 is 5.97 Å². The van der Waals surface area contributed by atoms with Gasteiger partial charge in [0.25, 0.3) is 0 Å². The number of nitriles is 1. The van der Waals surface area contributed by atoms with Crippen molar-refractivity contribution in [3.8, 4) is 6.07 Å². The number of aliphatic carboxylic acids is 1. The van der Waals surface area contributed by atoms with Gasteiger partial charge in [-0.1, -0.05) is 12.2 Å². The summed E-state index contributed by atoms with van der Waals surface area (Å²) in [5, 5.41) is 20.5. The predicted octanol–water partition coefficient (Wildman–Crippen LogP) is 2.62. The summed E-state index contributed by atoms with van der Waals surface area (Å²) < 4.78 is 0. The summed E-state index contributed by atoms with van der Waals surface area (Å²) in [6.45, 7) is 0. The molecule has 1 amide bonds. The molecule has 0 atom stereocenters. The highest BCUT2D eigenvalue weighted by Crippen LogP contribution is 2.22. The minimum Gasteiger partial charge on any atom is -0.478 e. The normalized spacial score (nSPS) is 13.7. The fraction of sp³-hybridized carbons (Fsp3) is 0.188. The number of allylic oxidation sites excluding steroid dienone is 2. The lowest BCUT2D eigenvalue weighted by molar-refractivity contribution is -0.132. The first kappa shape index (κ1) is 14.5. The van der Waals surface area contributed by atoms with Crippen molar-refractivity contribution in [2.45, 2.75) is 19.3 Å². The molecular weight excluding hydrogens is 268 g/mol. The topological polar surface area (TPSA) is 90.2 Å². The van der Waals surface area contributed by atoms with Crippen LogP contribution in [0.4, 0.5) is 5.69 Å². The highest BCUT2D eigenvalue weighted by molar-refractivity contribution is 5.98. The lowest BCUT2D eigenvalue weighted by Gasteiger charge is -2.13. The Labute approximate surface area is 122 Å². The standard InChI is InChI=1S/C16H14N2O3/c17-10-11-5-7-13(8-6-11)18-15(19)9-12-3-1-2-4-14(12)16(20)21/h3-8H,1-2,9H2,(H,18,19)(H,20,21). The number of nitrogens with one attached hydrogen (secondary N) is 1. The minimum absolute atomic E-state index is 0.0259. The number of hydrogen-bond acceptors (Lipinski definition) is 3. The summed E-state index contributed by atoms with van der Waals surface area (Å²) in [6.07, 6.45) is 4.89. The molecule has 0 spiro atoms. The third-order valence-electron chi connectivity index (χ3n) is 3.13. The average molecular weight is 282 g/mol. The Morgan fingerprint density at radius 1 is 1.19 bits per heavy atom. The Morgan fingerprint density at radius 2 is 1.86 bits per heavy atom. The molecule has 1 aromatic carbocycles. The molecule has 0 saturated heterocycles. The molecule has 106 valence electrons. The van der Waals surface area contributed by atoms with E-state index in [1.807, 2.05) is 6.07 Å². The Morgan fingerprint density at radius 3 is 2.48 bits per heavy atom. The fourth-order valence-corrected chi connectivity index (χ4v) is 2.12. The van der Waals surface area contributed by atoms with E-state index in [0.717, 1.165) is 6.42 Å². The summed E-state index contributed by atoms with van der Waals surface area (Å²) >= 11 is 0. The smallest absolute Gasteiger partial charge is 0.335 e. The van der Waals surface area contributed by atoms with E-state index >= 15 is 0 Å². The van der Waals surface area contributed by atoms with E-state index in [-0.39, 0.29) is 17.9 Å². The van der Waals surface area contributed by atoms with Crippen molar-refractivity contribution in [2.75, 3.05) is 5.32 Å². The first-order valence-electron chi connectivity index (χ1n) is 6.53. The molecule has 0 fully saturated rings. The second kappa shape index (κ2) is 6.53. The van der Waals surface area contributed by atoms with E-state index in [9.17, 15) is 9.59 Å². The van der Waals surface area contributed by atoms with E-state index in [1.165, 1.54) is 0 Å². The maximum absolute atomic E-state index is 12.0. The van der Waals surface area contributed by atoms with Gasteiger partial charge in [-0.2, -0.15) is 5.26 Å². The number of hydrogen-bond donors (Lipinski definition) is 2. The van der Waals surface area contributed by atoms with Crippen LogP contribution in [0.2, 0.25) is 0 Å². The van der Waals surface area contributed by atoms with E-state index in [4.69, 9.17) is 10.4 Å². The average Bonchev–Trinajstić information content (AvgIpc) is 2.48. The Hall–Kier alpha value is -2.87. The molecule has 0 aliphatic heterocycles. The molecule has 2 N–H and O–H groups in total. The zero-order valence-electron chi connectivity index (χ0n) is 11.3. The van der Waals surface area contributed by atoms with Crippen LogP contribution in [-0.2, 0) is 9.59 Å². The van der Waals surface area contributed by atoms with Gasteiger partial charge in [0.15, 0.2) is 0 Å². The van der Waals surface area contributed by atoms with Crippen LogP contribution in [0.3, 0.4) is 0 Å². The highest BCUT2D eigenvalue weighted by atomic mass is 16.4. The van der Waals surface area contributed by atoms with Crippen LogP contribution < -0.4 is 5.32 Å². The van der Waals surface area contributed by atoms with Gasteiger partial charge in [-0.05, 0) is 42.7 Å². The fourth-order valence-electron chi connectivity index (χ4n) is 2.12. The van der Waals surface area contributed by atoms with Gasteiger partial charge < -0.3 is 10.4 Å². The van der Waals surface area contributed by atoms with Crippen molar-refractivity contribution in [1.82, 2.24) is 0 Å². The Kier molecular flexibility index (Phi) is 4.52. The highest BCUT2D eigenvalue weighted by Gasteiger charge is 2.18. The van der Waals surface area contributed by atoms with Gasteiger partial charge >= 0.3 is 5.97 Å². The van der Waals surface area contributed by atoms with Crippen LogP contribution in [0.1, 0.15) is 24.8 Å². The lowest BCUT2D eigenvalue weighted by atomic mass is 9.95. The largest absolute Gasteiger partial charge is 0.478 e. The zero-order chi connectivity index (χ0) is 15.2. The zero-order valence-corrected chi connectivity index (χ0v) is 11.3. The summed E-state index contributed by atoms with van der Waals surface area (Å²) in [4.78, 5) is 23.1. The Bertz CT molecular complexity index is 664. The summed E-state index contributed by atoms with van der Waals surface area (Å²) in [5.41, 5.74) is 1.84. The number of anilines is 1. The molecule has 2 rings (SSSR count). The van der Waals surface area contributed by atoms with Gasteiger partial charge in [0, 0.05) is 5.69 Å². The van der Waals surface area contributed by atoms with Crippen LogP contribution in [0.25, 0.3) is 0 Å². The second-order valence-corrected chi connectivity index (χ2v) is 4.64. The van der Waals surface area contributed by atoms with E-state index in [1.54, 1.807) is 36.4 Å². The molecule has 5 nitrogen and oxygen atoms in total. The molecule has 0 bridgehead atoms. The number of carbonyl (C=O) groups is 2. The third kappa shape index (κ3) is 3.80. The van der Waals surface area contributed by atoms with Gasteiger partial charge in [0.05, 0.1) is 23.6 Å². The van der Waals surface area contributed by atoms with Crippen LogP contribution in [-0.4, -0.2) is 17.0 Å². The lowest BCUT2D eigenvalue weighted by Crippen LogP contribution is -2.16. The molecule has 0 unspecified atom stereocenters. The molecule has 21 heavy (non-hydrogen) atoms. The van der Waals surface area contributed by atoms with Crippen molar-refractivity contribution in [2.24, 2.45) is 0 Å². The quantitative estimate of drug-likeness (QED) is 0.888. The number of carboxylic acids is 1. The van der Waals surface area contributed by atoms with Gasteiger partial charge in [-0.3, -0.25) is 4.79 Å². The van der Waals surface area contributed by atoms with Crippen LogP contribution in [0.5, 0.6) is 0 Å². The molecule has 1 aliphatic rings. The molecule has 0 saturated carbocycles. The van der Waals surface area contributed by atoms with Gasteiger partial charge in [-0.15, -0.1) is 0 Å². The molecule has 0 aromatic heterocycles. The first-order valence-corrected chi connectivity index (χ1v) is 6.53. The van der Waals surface area contributed by atoms with Gasteiger partial charge in [0.2, 0.25) is 5.91 Å². The first-order chi connectivity index (χ1) is 10.1. The van der Waals surface area contributed by atoms with Crippen molar-refractivity contribution in [3.05, 3.63) is 53.1 Å². The molecule has 1 aromatic rings. The molecule has 0 heterocycles. The molecule has 5 heteroatoms. The Balaban J connectivity index is 2.01. The summed E-state index contributed by atoms with van der Waals surface area (Å²) in [6, 6.07) is 8.49. The van der Waals surface area contributed by atoms with Crippen molar-refractivity contribution < 1.29 is 14.7 Å². The van der Waals surface area contributed by atoms with Gasteiger partial charge in [0.1, 0.15) is 0 Å². The monoisotopic (exact) mass is 282 g/mol. The summed E-state index contributed by atoms with van der Waals surface area (Å²) in [7, 11) is 0. The molecule has 0 radical (unpaired) electrons. The van der Waals surface area contributed by atoms with Crippen molar-refractivity contribution in [3.63, 3.8) is 0 Å². The number of carboxylic acid groups (broad SMARTS) is 1. The minimum atomic E-state index is -1.01. The van der Waals surface area contributed by atoms with Crippen molar-refractivity contribution in [1.29, 1.82) is 5.26 Å². The number of benzene rings is 1. The maximum Gasteiger partial charge on any atom is 0.335 e. The third-order valence-corrected chi connectivity index (χ3v) is 3.13. The predicted molar refractivity (Wildman–Crippen MR) is 77.4 cm³/mol. The second-order valence-electron chi connectivity index (χ2n) is 4.64. The molecule has 1 aliphatic carbocycles. The number of rotatable bonds is 4. The van der Waals surface area contributed by atoms with Crippen LogP contribution in [0.15, 0.2) is 47.6 Å². The maximum atomic E-state index is 12.0. The van der Waals surface area contributed by atoms with Crippen LogP contribution in [0, 0.1) is 11.3 Å². The number of carbonyl (C=O) groups excluding carboxylic acids is 1. The summed E-state index contributed by atoms with van der Waals surface area (Å²) in [5.74, 6) is -1.29. The van der Waals surface area contributed by atoms with Crippen molar-refractivity contribution >= 4 is 17.6 Å². The van der Waals surface area contributed by atoms with Gasteiger partial charge in [-0.25, -0.2) is 4.79 Å². The van der Waals surface area contributed by atoms with Crippen LogP contribution >= 0.6 is 0 Å². The van der Waals surface area contributed by atoms with E-state index in [2.05, 4.69) is 5.32 Å². The number of nitrogens with zero attached hydrogens (tertiary/aromatic N) is 1. The SMILES string of the molecule is N#Cc1ccc(NC(=O)CC2=CCCC=C2C(=O)O)cc1. The number of amides is 1. The van der Waals surface area contributed by atoms with E-state index in [0.29, 0.717) is 23.2 Å². The molecular formula is C16H14N2O3.